The third kappa shape index (κ3) is 2.61. The van der Waals surface area contributed by atoms with E-state index in [-0.39, 0.29) is 18.1 Å². The predicted octanol–water partition coefficient (Wildman–Crippen LogP) is 3.67. The van der Waals surface area contributed by atoms with Crippen LogP contribution in [-0.4, -0.2) is 29.7 Å². The Hall–Kier alpha value is -2.49. The highest BCUT2D eigenvalue weighted by atomic mass is 32.2. The Balaban J connectivity index is 1.68. The molecule has 1 fully saturated rings. The van der Waals surface area contributed by atoms with E-state index in [1.54, 1.807) is 11.8 Å². The Morgan fingerprint density at radius 3 is 2.89 bits per heavy atom. The summed E-state index contributed by atoms with van der Waals surface area (Å²) in [7, 11) is 0. The number of benzene rings is 2. The lowest BCUT2D eigenvalue weighted by Gasteiger charge is -2.49. The maximum atomic E-state index is 9.24. The van der Waals surface area contributed by atoms with E-state index in [0.717, 1.165) is 34.6 Å². The summed E-state index contributed by atoms with van der Waals surface area (Å²) in [4.78, 5) is 4.97. The van der Waals surface area contributed by atoms with Gasteiger partial charge in [0.2, 0.25) is 0 Å². The van der Waals surface area contributed by atoms with Gasteiger partial charge < -0.3 is 15.2 Å². The Morgan fingerprint density at radius 1 is 1.25 bits per heavy atom. The van der Waals surface area contributed by atoms with E-state index < -0.39 is 5.54 Å². The van der Waals surface area contributed by atoms with Crippen LogP contribution in [0, 0.1) is 17.2 Å². The zero-order valence-corrected chi connectivity index (χ0v) is 16.4. The average molecular weight is 391 g/mol. The molecule has 0 saturated carbocycles. The van der Waals surface area contributed by atoms with E-state index in [1.165, 1.54) is 0 Å². The van der Waals surface area contributed by atoms with Crippen LogP contribution in [0.15, 0.2) is 47.5 Å². The summed E-state index contributed by atoms with van der Waals surface area (Å²) in [5.41, 5.74) is 9.49. The summed E-state index contributed by atoms with van der Waals surface area (Å²) in [6.07, 6.45) is 0.995. The van der Waals surface area contributed by atoms with Gasteiger partial charge in [0.1, 0.15) is 17.4 Å². The Labute approximate surface area is 168 Å². The van der Waals surface area contributed by atoms with Gasteiger partial charge in [-0.15, -0.1) is 0 Å². The summed E-state index contributed by atoms with van der Waals surface area (Å²) in [6.45, 7) is 2.82. The summed E-state index contributed by atoms with van der Waals surface area (Å²) >= 11 is 1.61. The van der Waals surface area contributed by atoms with E-state index in [1.807, 2.05) is 30.3 Å². The van der Waals surface area contributed by atoms with Crippen LogP contribution < -0.4 is 10.5 Å². The van der Waals surface area contributed by atoms with Crippen LogP contribution in [0.3, 0.4) is 0 Å². The first-order valence-electron chi connectivity index (χ1n) is 9.52. The zero-order valence-electron chi connectivity index (χ0n) is 15.6. The van der Waals surface area contributed by atoms with E-state index in [2.05, 4.69) is 25.1 Å². The lowest BCUT2D eigenvalue weighted by atomic mass is 9.70. The third-order valence-corrected chi connectivity index (χ3v) is 7.01. The first kappa shape index (κ1) is 17.6. The highest BCUT2D eigenvalue weighted by Crippen LogP contribution is 2.54. The van der Waals surface area contributed by atoms with Gasteiger partial charge >= 0.3 is 0 Å². The third-order valence-electron chi connectivity index (χ3n) is 6.04. The number of thioether (sulfide) groups is 1. The maximum absolute atomic E-state index is 9.24. The number of nitrogens with zero attached hydrogens (tertiary/aromatic N) is 2. The van der Waals surface area contributed by atoms with Crippen molar-refractivity contribution in [1.29, 1.82) is 5.26 Å². The van der Waals surface area contributed by atoms with Gasteiger partial charge in [0.15, 0.2) is 5.17 Å². The van der Waals surface area contributed by atoms with Crippen LogP contribution >= 0.6 is 11.8 Å². The molecule has 28 heavy (non-hydrogen) atoms. The largest absolute Gasteiger partial charge is 0.489 e. The highest BCUT2D eigenvalue weighted by molar-refractivity contribution is 8.14. The van der Waals surface area contributed by atoms with Gasteiger partial charge in [-0.2, -0.15) is 5.26 Å². The van der Waals surface area contributed by atoms with Crippen LogP contribution in [0.25, 0.3) is 11.1 Å². The maximum Gasteiger partial charge on any atom is 0.154 e. The molecule has 3 aliphatic heterocycles. The Kier molecular flexibility index (Phi) is 4.11. The SMILES string of the molecule is CC1OCCC2Oc3ccc(-c4cccc(C#N)c4)cc3C3(CSC(N)=N3)C12. The summed E-state index contributed by atoms with van der Waals surface area (Å²) in [5, 5.41) is 9.86. The molecule has 1 saturated heterocycles. The summed E-state index contributed by atoms with van der Waals surface area (Å²) in [5.74, 6) is 1.81. The fourth-order valence-electron chi connectivity index (χ4n) is 4.80. The minimum Gasteiger partial charge on any atom is -0.489 e. The first-order chi connectivity index (χ1) is 13.6. The van der Waals surface area contributed by atoms with Crippen LogP contribution in [0.5, 0.6) is 5.75 Å². The number of rotatable bonds is 1. The second-order valence-corrected chi connectivity index (χ2v) is 8.61. The van der Waals surface area contributed by atoms with Crippen molar-refractivity contribution in [3.05, 3.63) is 53.6 Å². The van der Waals surface area contributed by atoms with Crippen molar-refractivity contribution in [1.82, 2.24) is 0 Å². The normalized spacial score (nSPS) is 30.7. The van der Waals surface area contributed by atoms with Crippen molar-refractivity contribution < 1.29 is 9.47 Å². The molecule has 0 radical (unpaired) electrons. The molecule has 142 valence electrons. The summed E-state index contributed by atoms with van der Waals surface area (Å²) in [6, 6.07) is 16.1. The monoisotopic (exact) mass is 391 g/mol. The first-order valence-corrected chi connectivity index (χ1v) is 10.5. The smallest absolute Gasteiger partial charge is 0.154 e. The number of nitrogens with two attached hydrogens (primary N) is 1. The fourth-order valence-corrected chi connectivity index (χ4v) is 5.81. The molecule has 1 spiro atoms. The number of nitriles is 1. The van der Waals surface area contributed by atoms with E-state index >= 15 is 0 Å². The molecule has 6 heteroatoms. The Morgan fingerprint density at radius 2 is 2.11 bits per heavy atom. The van der Waals surface area contributed by atoms with Gasteiger partial charge in [-0.05, 0) is 42.3 Å². The number of aliphatic imine (C=N–C) groups is 1. The molecule has 2 N–H and O–H groups in total. The van der Waals surface area contributed by atoms with Crippen molar-refractivity contribution in [2.45, 2.75) is 31.1 Å². The number of hydrogen-bond donors (Lipinski definition) is 1. The summed E-state index contributed by atoms with van der Waals surface area (Å²) < 4.78 is 12.4. The molecular formula is C22H21N3O2S. The van der Waals surface area contributed by atoms with Crippen molar-refractivity contribution in [3.8, 4) is 22.9 Å². The van der Waals surface area contributed by atoms with Gasteiger partial charge in [-0.3, -0.25) is 0 Å². The lowest BCUT2D eigenvalue weighted by molar-refractivity contribution is -0.108. The van der Waals surface area contributed by atoms with Crippen molar-refractivity contribution in [3.63, 3.8) is 0 Å². The number of fused-ring (bicyclic) bond motifs is 4. The molecule has 5 nitrogen and oxygen atoms in total. The van der Waals surface area contributed by atoms with Gasteiger partial charge in [0.05, 0.1) is 30.3 Å². The molecule has 0 amide bonds. The standard InChI is InChI=1S/C22H21N3O2S/c1-13-20-19(7-8-26-13)27-18-6-5-16(15-4-2-3-14(9-15)11-23)10-17(18)22(20)12-28-21(24)25-22/h2-6,9-10,13,19-20H,7-8,12H2,1H3,(H2,24,25). The number of ether oxygens (including phenoxy) is 2. The van der Waals surface area contributed by atoms with Crippen LogP contribution in [-0.2, 0) is 10.3 Å². The number of hydrogen-bond acceptors (Lipinski definition) is 6. The van der Waals surface area contributed by atoms with Gasteiger partial charge in [-0.1, -0.05) is 30.0 Å². The van der Waals surface area contributed by atoms with Crippen molar-refractivity contribution >= 4 is 16.9 Å². The minimum atomic E-state index is -0.435. The van der Waals surface area contributed by atoms with Crippen molar-refractivity contribution in [2.24, 2.45) is 16.6 Å². The molecular weight excluding hydrogens is 370 g/mol. The fraction of sp³-hybridized carbons (Fsp3) is 0.364. The second-order valence-electron chi connectivity index (χ2n) is 7.61. The minimum absolute atomic E-state index is 0.0488. The van der Waals surface area contributed by atoms with E-state index in [9.17, 15) is 5.26 Å². The van der Waals surface area contributed by atoms with Crippen molar-refractivity contribution in [2.75, 3.05) is 12.4 Å². The van der Waals surface area contributed by atoms with E-state index in [4.69, 9.17) is 20.2 Å². The predicted molar refractivity (Wildman–Crippen MR) is 110 cm³/mol. The molecule has 0 bridgehead atoms. The molecule has 2 aromatic rings. The molecule has 0 aromatic heterocycles. The molecule has 2 aromatic carbocycles. The molecule has 4 atom stereocenters. The molecule has 3 heterocycles. The van der Waals surface area contributed by atoms with Crippen LogP contribution in [0.2, 0.25) is 0 Å². The molecule has 5 rings (SSSR count). The van der Waals surface area contributed by atoms with Gasteiger partial charge in [0, 0.05) is 17.7 Å². The van der Waals surface area contributed by atoms with Crippen LogP contribution in [0.4, 0.5) is 0 Å². The highest BCUT2D eigenvalue weighted by Gasteiger charge is 2.56. The molecule has 3 aliphatic rings. The van der Waals surface area contributed by atoms with Gasteiger partial charge in [0.25, 0.3) is 0 Å². The topological polar surface area (TPSA) is 80.6 Å². The lowest BCUT2D eigenvalue weighted by Crippen LogP contribution is -2.55. The Bertz CT molecular complexity index is 1020. The molecule has 0 aliphatic carbocycles. The number of amidine groups is 1. The van der Waals surface area contributed by atoms with Gasteiger partial charge in [-0.25, -0.2) is 4.99 Å². The second kappa shape index (κ2) is 6.54. The van der Waals surface area contributed by atoms with Crippen LogP contribution in [0.1, 0.15) is 24.5 Å². The molecule has 4 unspecified atom stereocenters. The van der Waals surface area contributed by atoms with E-state index in [0.29, 0.717) is 17.3 Å². The quantitative estimate of drug-likeness (QED) is 0.802. The average Bonchev–Trinajstić information content (AvgIpc) is 3.10. The zero-order chi connectivity index (χ0) is 19.3.